The van der Waals surface area contributed by atoms with E-state index < -0.39 is 5.60 Å². The van der Waals surface area contributed by atoms with Crippen LogP contribution in [0.1, 0.15) is 36.2 Å². The van der Waals surface area contributed by atoms with E-state index in [4.69, 9.17) is 0 Å². The Morgan fingerprint density at radius 3 is 2.38 bits per heavy atom. The fraction of sp³-hybridized carbons (Fsp3) is 0.429. The molecule has 1 aromatic heterocycles. The lowest BCUT2D eigenvalue weighted by atomic mass is 9.98. The maximum atomic E-state index is 12.7. The van der Waals surface area contributed by atoms with Crippen LogP contribution in [-0.4, -0.2) is 52.7 Å². The van der Waals surface area contributed by atoms with Gasteiger partial charge in [0.2, 0.25) is 0 Å². The molecule has 3 rings (SSSR count). The average Bonchev–Trinajstić information content (AvgIpc) is 2.66. The second-order valence-corrected chi connectivity index (χ2v) is 7.50. The van der Waals surface area contributed by atoms with Crippen molar-refractivity contribution in [2.24, 2.45) is 0 Å². The van der Waals surface area contributed by atoms with Crippen LogP contribution in [0.15, 0.2) is 48.8 Å². The molecule has 1 amide bonds. The molecular weight excluding hydrogens is 326 g/mol. The number of hydrogen-bond acceptors (Lipinski definition) is 4. The normalized spacial score (nSPS) is 15.2. The number of amides is 1. The molecule has 1 fully saturated rings. The first-order valence-corrected chi connectivity index (χ1v) is 9.18. The molecule has 5 nitrogen and oxygen atoms in total. The number of carbonyl (C=O) groups is 1. The van der Waals surface area contributed by atoms with Crippen molar-refractivity contribution in [3.8, 4) is 0 Å². The molecule has 1 saturated heterocycles. The third-order valence-corrected chi connectivity index (χ3v) is 4.80. The van der Waals surface area contributed by atoms with Crippen molar-refractivity contribution in [2.75, 3.05) is 31.1 Å². The zero-order valence-corrected chi connectivity index (χ0v) is 15.6. The quantitative estimate of drug-likeness (QED) is 0.898. The van der Waals surface area contributed by atoms with Crippen LogP contribution in [0.2, 0.25) is 0 Å². The Kier molecular flexibility index (Phi) is 5.57. The standard InChI is InChI=1S/C21H27N3O2/c1-21(2,26)10-9-17-5-7-18(8-6-17)20(25)24-14-12-23(13-15-24)19-4-3-11-22-16-19/h3-8,11,16,26H,9-10,12-15H2,1-2H3. The summed E-state index contributed by atoms with van der Waals surface area (Å²) in [4.78, 5) is 21.1. The van der Waals surface area contributed by atoms with E-state index in [-0.39, 0.29) is 5.91 Å². The lowest BCUT2D eigenvalue weighted by Gasteiger charge is -2.36. The van der Waals surface area contributed by atoms with Gasteiger partial charge in [-0.2, -0.15) is 0 Å². The van der Waals surface area contributed by atoms with E-state index in [9.17, 15) is 9.90 Å². The number of nitrogens with zero attached hydrogens (tertiary/aromatic N) is 3. The Hall–Kier alpha value is -2.40. The number of benzene rings is 1. The third-order valence-electron chi connectivity index (χ3n) is 4.80. The molecule has 0 aliphatic carbocycles. The van der Waals surface area contributed by atoms with Gasteiger partial charge in [0.15, 0.2) is 0 Å². The molecule has 1 aromatic carbocycles. The molecule has 5 heteroatoms. The second kappa shape index (κ2) is 7.87. The van der Waals surface area contributed by atoms with Crippen molar-refractivity contribution in [2.45, 2.75) is 32.3 Å². The smallest absolute Gasteiger partial charge is 0.253 e. The van der Waals surface area contributed by atoms with Crippen molar-refractivity contribution in [3.05, 3.63) is 59.9 Å². The minimum Gasteiger partial charge on any atom is -0.390 e. The topological polar surface area (TPSA) is 56.7 Å². The number of piperazine rings is 1. The van der Waals surface area contributed by atoms with Crippen molar-refractivity contribution in [3.63, 3.8) is 0 Å². The maximum absolute atomic E-state index is 12.7. The van der Waals surface area contributed by atoms with E-state index in [0.29, 0.717) is 19.5 Å². The Morgan fingerprint density at radius 1 is 1.12 bits per heavy atom. The maximum Gasteiger partial charge on any atom is 0.253 e. The van der Waals surface area contributed by atoms with Gasteiger partial charge in [-0.15, -0.1) is 0 Å². The monoisotopic (exact) mass is 353 g/mol. The highest BCUT2D eigenvalue weighted by Crippen LogP contribution is 2.17. The Balaban J connectivity index is 1.55. The molecule has 2 aromatic rings. The highest BCUT2D eigenvalue weighted by atomic mass is 16.3. The van der Waals surface area contributed by atoms with Gasteiger partial charge >= 0.3 is 0 Å². The predicted molar refractivity (Wildman–Crippen MR) is 103 cm³/mol. The lowest BCUT2D eigenvalue weighted by molar-refractivity contribution is 0.0711. The summed E-state index contributed by atoms with van der Waals surface area (Å²) in [6, 6.07) is 11.8. The summed E-state index contributed by atoms with van der Waals surface area (Å²) < 4.78 is 0. The van der Waals surface area contributed by atoms with Gasteiger partial charge in [0.1, 0.15) is 0 Å². The fourth-order valence-electron chi connectivity index (χ4n) is 3.16. The average molecular weight is 353 g/mol. The van der Waals surface area contributed by atoms with Gasteiger partial charge in [-0.1, -0.05) is 12.1 Å². The van der Waals surface area contributed by atoms with Gasteiger partial charge < -0.3 is 14.9 Å². The first-order chi connectivity index (χ1) is 12.4. The molecule has 0 spiro atoms. The van der Waals surface area contributed by atoms with Crippen molar-refractivity contribution in [1.29, 1.82) is 0 Å². The van der Waals surface area contributed by atoms with Crippen LogP contribution < -0.4 is 4.90 Å². The van der Waals surface area contributed by atoms with Crippen LogP contribution in [0.3, 0.4) is 0 Å². The summed E-state index contributed by atoms with van der Waals surface area (Å²) in [5.74, 6) is 0.0878. The minimum absolute atomic E-state index is 0.0878. The molecule has 1 N–H and O–H groups in total. The van der Waals surface area contributed by atoms with Crippen LogP contribution in [0.25, 0.3) is 0 Å². The number of aryl methyl sites for hydroxylation is 1. The molecule has 0 atom stereocenters. The lowest BCUT2D eigenvalue weighted by Crippen LogP contribution is -2.48. The number of pyridine rings is 1. The number of rotatable bonds is 5. The number of anilines is 1. The highest BCUT2D eigenvalue weighted by molar-refractivity contribution is 5.94. The minimum atomic E-state index is -0.664. The van der Waals surface area contributed by atoms with Crippen molar-refractivity contribution >= 4 is 11.6 Å². The van der Waals surface area contributed by atoms with E-state index in [0.717, 1.165) is 36.3 Å². The van der Waals surface area contributed by atoms with E-state index in [1.54, 1.807) is 6.20 Å². The number of carbonyl (C=O) groups excluding carboxylic acids is 1. The van der Waals surface area contributed by atoms with Crippen molar-refractivity contribution < 1.29 is 9.90 Å². The molecule has 1 aliphatic heterocycles. The van der Waals surface area contributed by atoms with E-state index in [1.165, 1.54) is 0 Å². The van der Waals surface area contributed by atoms with Gasteiger partial charge in [-0.05, 0) is 56.5 Å². The Morgan fingerprint density at radius 2 is 1.81 bits per heavy atom. The molecule has 1 aliphatic rings. The summed E-state index contributed by atoms with van der Waals surface area (Å²) in [7, 11) is 0. The van der Waals surface area contributed by atoms with E-state index >= 15 is 0 Å². The van der Waals surface area contributed by atoms with Gasteiger partial charge in [0.05, 0.1) is 17.5 Å². The summed E-state index contributed by atoms with van der Waals surface area (Å²) in [6.07, 6.45) is 5.15. The number of aliphatic hydroxyl groups is 1. The summed E-state index contributed by atoms with van der Waals surface area (Å²) in [5, 5.41) is 9.83. The molecule has 138 valence electrons. The molecule has 0 bridgehead atoms. The van der Waals surface area contributed by atoms with Crippen LogP contribution in [0, 0.1) is 0 Å². The predicted octanol–water partition coefficient (Wildman–Crippen LogP) is 2.75. The summed E-state index contributed by atoms with van der Waals surface area (Å²) in [6.45, 7) is 6.71. The van der Waals surface area contributed by atoms with Gasteiger partial charge in [0, 0.05) is 37.9 Å². The third kappa shape index (κ3) is 4.82. The zero-order chi connectivity index (χ0) is 18.6. The van der Waals surface area contributed by atoms with Crippen LogP contribution in [0.4, 0.5) is 5.69 Å². The van der Waals surface area contributed by atoms with Gasteiger partial charge in [-0.3, -0.25) is 9.78 Å². The zero-order valence-electron chi connectivity index (χ0n) is 15.6. The highest BCUT2D eigenvalue weighted by Gasteiger charge is 2.22. The first kappa shape index (κ1) is 18.4. The molecule has 2 heterocycles. The molecule has 0 unspecified atom stereocenters. The Bertz CT molecular complexity index is 715. The van der Waals surface area contributed by atoms with E-state index in [1.807, 2.05) is 55.3 Å². The van der Waals surface area contributed by atoms with Gasteiger partial charge in [0.25, 0.3) is 5.91 Å². The number of aromatic nitrogens is 1. The van der Waals surface area contributed by atoms with Crippen molar-refractivity contribution in [1.82, 2.24) is 9.88 Å². The summed E-state index contributed by atoms with van der Waals surface area (Å²) in [5.41, 5.74) is 2.32. The van der Waals surface area contributed by atoms with Crippen LogP contribution >= 0.6 is 0 Å². The fourth-order valence-corrected chi connectivity index (χ4v) is 3.16. The second-order valence-electron chi connectivity index (χ2n) is 7.50. The molecule has 26 heavy (non-hydrogen) atoms. The van der Waals surface area contributed by atoms with Crippen LogP contribution in [0.5, 0.6) is 0 Å². The largest absolute Gasteiger partial charge is 0.390 e. The summed E-state index contributed by atoms with van der Waals surface area (Å²) >= 11 is 0. The molecule has 0 saturated carbocycles. The molecule has 0 radical (unpaired) electrons. The van der Waals surface area contributed by atoms with E-state index in [2.05, 4.69) is 16.0 Å². The SMILES string of the molecule is CC(C)(O)CCc1ccc(C(=O)N2CCN(c3cccnc3)CC2)cc1. The molecular formula is C21H27N3O2. The van der Waals surface area contributed by atoms with Gasteiger partial charge in [-0.25, -0.2) is 0 Å². The Labute approximate surface area is 155 Å². The number of hydrogen-bond donors (Lipinski definition) is 1. The first-order valence-electron chi connectivity index (χ1n) is 9.18. The van der Waals surface area contributed by atoms with Crippen LogP contribution in [-0.2, 0) is 6.42 Å².